The van der Waals surface area contributed by atoms with Gasteiger partial charge in [0, 0.05) is 18.7 Å². The van der Waals surface area contributed by atoms with Gasteiger partial charge in [0.25, 0.3) is 0 Å². The van der Waals surface area contributed by atoms with Crippen molar-refractivity contribution < 1.29 is 4.74 Å². The van der Waals surface area contributed by atoms with Crippen LogP contribution in [0.4, 0.5) is 0 Å². The monoisotopic (exact) mass is 231 g/mol. The van der Waals surface area contributed by atoms with Crippen molar-refractivity contribution in [3.8, 4) is 0 Å². The molecule has 1 fully saturated rings. The lowest BCUT2D eigenvalue weighted by Gasteiger charge is -2.30. The highest BCUT2D eigenvalue weighted by Crippen LogP contribution is 2.31. The van der Waals surface area contributed by atoms with E-state index in [-0.39, 0.29) is 0 Å². The van der Waals surface area contributed by atoms with Crippen LogP contribution in [0, 0.1) is 0 Å². The molecular weight excluding hydrogens is 210 g/mol. The Balaban J connectivity index is 1.76. The lowest BCUT2D eigenvalue weighted by molar-refractivity contribution is 0.110. The number of ether oxygens (including phenoxy) is 1. The number of rotatable bonds is 2. The summed E-state index contributed by atoms with van der Waals surface area (Å²) in [6, 6.07) is 9.94. The first-order valence-electron chi connectivity index (χ1n) is 6.80. The lowest BCUT2D eigenvalue weighted by atomic mass is 9.87. The number of aryl methyl sites for hydroxylation is 1. The van der Waals surface area contributed by atoms with Gasteiger partial charge in [-0.15, -0.1) is 0 Å². The fourth-order valence-electron chi connectivity index (χ4n) is 3.14. The third kappa shape index (κ3) is 2.24. The summed E-state index contributed by atoms with van der Waals surface area (Å²) in [6.07, 6.45) is 5.32. The van der Waals surface area contributed by atoms with E-state index < -0.39 is 0 Å². The van der Waals surface area contributed by atoms with E-state index in [0.717, 1.165) is 13.0 Å². The molecule has 2 heteroatoms. The first kappa shape index (κ1) is 11.2. The maximum absolute atomic E-state index is 5.63. The number of hydrogen-bond donors (Lipinski definition) is 1. The summed E-state index contributed by atoms with van der Waals surface area (Å²) in [5.74, 6) is 0. The molecule has 1 aromatic carbocycles. The molecule has 2 nitrogen and oxygen atoms in total. The first-order valence-corrected chi connectivity index (χ1v) is 6.80. The molecule has 1 aliphatic heterocycles. The van der Waals surface area contributed by atoms with Gasteiger partial charge in [-0.3, -0.25) is 0 Å². The molecule has 0 saturated carbocycles. The quantitative estimate of drug-likeness (QED) is 0.845. The second-order valence-corrected chi connectivity index (χ2v) is 5.28. The van der Waals surface area contributed by atoms with Crippen LogP contribution in [0.15, 0.2) is 24.3 Å². The van der Waals surface area contributed by atoms with Crippen LogP contribution >= 0.6 is 0 Å². The molecule has 17 heavy (non-hydrogen) atoms. The summed E-state index contributed by atoms with van der Waals surface area (Å²) in [7, 11) is 0. The van der Waals surface area contributed by atoms with Gasteiger partial charge in [0.1, 0.15) is 0 Å². The van der Waals surface area contributed by atoms with Crippen molar-refractivity contribution >= 4 is 0 Å². The summed E-state index contributed by atoms with van der Waals surface area (Å²) in [5.41, 5.74) is 3.04. The first-order chi connectivity index (χ1) is 8.34. The summed E-state index contributed by atoms with van der Waals surface area (Å²) < 4.78 is 5.63. The lowest BCUT2D eigenvalue weighted by Crippen LogP contribution is -2.38. The summed E-state index contributed by atoms with van der Waals surface area (Å²) >= 11 is 0. The molecule has 0 spiro atoms. The van der Waals surface area contributed by atoms with Crippen LogP contribution in [0.5, 0.6) is 0 Å². The van der Waals surface area contributed by atoms with E-state index in [1.165, 1.54) is 30.4 Å². The molecule has 3 unspecified atom stereocenters. The van der Waals surface area contributed by atoms with E-state index in [2.05, 4.69) is 36.5 Å². The summed E-state index contributed by atoms with van der Waals surface area (Å²) in [5, 5.41) is 3.80. The van der Waals surface area contributed by atoms with E-state index in [0.29, 0.717) is 18.2 Å². The van der Waals surface area contributed by atoms with Crippen LogP contribution in [0.1, 0.15) is 43.4 Å². The van der Waals surface area contributed by atoms with Crippen LogP contribution < -0.4 is 5.32 Å². The second-order valence-electron chi connectivity index (χ2n) is 5.28. The minimum Gasteiger partial charge on any atom is -0.377 e. The third-order valence-electron chi connectivity index (χ3n) is 4.16. The molecule has 3 rings (SSSR count). The zero-order valence-corrected chi connectivity index (χ0v) is 10.5. The van der Waals surface area contributed by atoms with Crippen molar-refractivity contribution in [1.82, 2.24) is 5.32 Å². The van der Waals surface area contributed by atoms with Gasteiger partial charge < -0.3 is 10.1 Å². The number of nitrogens with one attached hydrogen (secondary N) is 1. The van der Waals surface area contributed by atoms with Gasteiger partial charge in [-0.25, -0.2) is 0 Å². The summed E-state index contributed by atoms with van der Waals surface area (Å²) in [6.45, 7) is 3.09. The SMILES string of the molecule is CC1OCCC1NC1CCCc2ccccc21. The molecule has 92 valence electrons. The molecule has 0 amide bonds. The zero-order valence-electron chi connectivity index (χ0n) is 10.5. The molecule has 1 aromatic rings. The molecule has 1 aliphatic carbocycles. The van der Waals surface area contributed by atoms with E-state index in [1.807, 2.05) is 0 Å². The van der Waals surface area contributed by atoms with Crippen LogP contribution in [-0.4, -0.2) is 18.8 Å². The average molecular weight is 231 g/mol. The van der Waals surface area contributed by atoms with Gasteiger partial charge in [-0.05, 0) is 43.7 Å². The summed E-state index contributed by atoms with van der Waals surface area (Å²) in [4.78, 5) is 0. The van der Waals surface area contributed by atoms with Gasteiger partial charge in [0.2, 0.25) is 0 Å². The van der Waals surface area contributed by atoms with Gasteiger partial charge in [0.05, 0.1) is 6.10 Å². The highest BCUT2D eigenvalue weighted by atomic mass is 16.5. The van der Waals surface area contributed by atoms with Crippen molar-refractivity contribution in [2.24, 2.45) is 0 Å². The molecule has 1 saturated heterocycles. The maximum Gasteiger partial charge on any atom is 0.0700 e. The topological polar surface area (TPSA) is 21.3 Å². The highest BCUT2D eigenvalue weighted by molar-refractivity contribution is 5.32. The van der Waals surface area contributed by atoms with Crippen molar-refractivity contribution in [1.29, 1.82) is 0 Å². The number of hydrogen-bond acceptors (Lipinski definition) is 2. The van der Waals surface area contributed by atoms with Gasteiger partial charge in [-0.2, -0.15) is 0 Å². The Kier molecular flexibility index (Phi) is 3.17. The van der Waals surface area contributed by atoms with Gasteiger partial charge in [0.15, 0.2) is 0 Å². The van der Waals surface area contributed by atoms with E-state index in [4.69, 9.17) is 4.74 Å². The smallest absolute Gasteiger partial charge is 0.0700 e. The normalized spacial score (nSPS) is 32.4. The molecule has 0 bridgehead atoms. The zero-order chi connectivity index (χ0) is 11.7. The standard InChI is InChI=1S/C15H21NO/c1-11-14(9-10-17-11)16-15-8-4-6-12-5-2-3-7-13(12)15/h2-3,5,7,11,14-16H,4,6,8-10H2,1H3. The molecule has 1 heterocycles. The van der Waals surface area contributed by atoms with E-state index >= 15 is 0 Å². The Labute approximate surface area is 103 Å². The highest BCUT2D eigenvalue weighted by Gasteiger charge is 2.28. The minimum absolute atomic E-state index is 0.365. The molecule has 1 N–H and O–H groups in total. The van der Waals surface area contributed by atoms with E-state index in [1.54, 1.807) is 0 Å². The molecule has 0 aromatic heterocycles. The van der Waals surface area contributed by atoms with Crippen LogP contribution in [0.2, 0.25) is 0 Å². The predicted octanol–water partition coefficient (Wildman–Crippen LogP) is 2.83. The van der Waals surface area contributed by atoms with Crippen molar-refractivity contribution in [3.05, 3.63) is 35.4 Å². The fourth-order valence-corrected chi connectivity index (χ4v) is 3.14. The third-order valence-corrected chi connectivity index (χ3v) is 4.16. The molecule has 0 radical (unpaired) electrons. The fraction of sp³-hybridized carbons (Fsp3) is 0.600. The minimum atomic E-state index is 0.365. The number of fused-ring (bicyclic) bond motifs is 1. The van der Waals surface area contributed by atoms with E-state index in [9.17, 15) is 0 Å². The van der Waals surface area contributed by atoms with Gasteiger partial charge >= 0.3 is 0 Å². The Hall–Kier alpha value is -0.860. The Morgan fingerprint density at radius 2 is 2.12 bits per heavy atom. The Morgan fingerprint density at radius 1 is 1.24 bits per heavy atom. The van der Waals surface area contributed by atoms with Crippen molar-refractivity contribution in [2.45, 2.75) is 50.8 Å². The number of benzene rings is 1. The van der Waals surface area contributed by atoms with Crippen LogP contribution in [-0.2, 0) is 11.2 Å². The Morgan fingerprint density at radius 3 is 2.94 bits per heavy atom. The second kappa shape index (κ2) is 4.79. The average Bonchev–Trinajstić information content (AvgIpc) is 2.76. The van der Waals surface area contributed by atoms with Crippen LogP contribution in [0.3, 0.4) is 0 Å². The van der Waals surface area contributed by atoms with Crippen molar-refractivity contribution in [3.63, 3.8) is 0 Å². The largest absolute Gasteiger partial charge is 0.377 e. The predicted molar refractivity (Wildman–Crippen MR) is 69.1 cm³/mol. The molecule has 3 atom stereocenters. The maximum atomic E-state index is 5.63. The van der Waals surface area contributed by atoms with Crippen LogP contribution in [0.25, 0.3) is 0 Å². The Bertz CT molecular complexity index is 390. The van der Waals surface area contributed by atoms with Gasteiger partial charge in [-0.1, -0.05) is 24.3 Å². The molecular formula is C15H21NO. The van der Waals surface area contributed by atoms with Crippen molar-refractivity contribution in [2.75, 3.05) is 6.61 Å². The molecule has 2 aliphatic rings.